The molecule has 2 amide bonds. The highest BCUT2D eigenvalue weighted by Crippen LogP contribution is 2.65. The molecule has 1 aliphatic heterocycles. The van der Waals surface area contributed by atoms with E-state index < -0.39 is 0 Å². The van der Waals surface area contributed by atoms with Crippen LogP contribution in [0, 0.1) is 35.5 Å². The molecule has 3 fully saturated rings. The van der Waals surface area contributed by atoms with Gasteiger partial charge in [-0.05, 0) is 55.2 Å². The fourth-order valence-corrected chi connectivity index (χ4v) is 5.26. The van der Waals surface area contributed by atoms with Gasteiger partial charge in [-0.2, -0.15) is 10.1 Å². The Bertz CT molecular complexity index is 829. The van der Waals surface area contributed by atoms with Gasteiger partial charge in [0, 0.05) is 10.6 Å². The van der Waals surface area contributed by atoms with Gasteiger partial charge in [0.15, 0.2) is 0 Å². The minimum Gasteiger partial charge on any atom is -0.493 e. The number of hydrogen-bond acceptors (Lipinski definition) is 4. The fraction of sp³-hybridized carbons (Fsp3) is 0.450. The maximum atomic E-state index is 12.9. The third kappa shape index (κ3) is 2.19. The molecular formula is C20H19ClN2O3. The number of benzene rings is 1. The molecule has 6 heteroatoms. The Morgan fingerprint density at radius 3 is 2.46 bits per heavy atom. The third-order valence-electron chi connectivity index (χ3n) is 6.22. The van der Waals surface area contributed by atoms with Gasteiger partial charge >= 0.3 is 0 Å². The second kappa shape index (κ2) is 5.68. The monoisotopic (exact) mass is 370 g/mol. The van der Waals surface area contributed by atoms with Crippen LogP contribution < -0.4 is 4.74 Å². The number of hydrazone groups is 1. The average molecular weight is 371 g/mol. The van der Waals surface area contributed by atoms with Crippen molar-refractivity contribution < 1.29 is 14.3 Å². The van der Waals surface area contributed by atoms with Crippen molar-refractivity contribution in [1.82, 2.24) is 5.01 Å². The van der Waals surface area contributed by atoms with Crippen LogP contribution in [0.5, 0.6) is 5.75 Å². The van der Waals surface area contributed by atoms with E-state index in [0.717, 1.165) is 11.4 Å². The second-order valence-electron chi connectivity index (χ2n) is 7.50. The van der Waals surface area contributed by atoms with Crippen LogP contribution in [0.2, 0.25) is 5.02 Å². The first-order valence-electron chi connectivity index (χ1n) is 9.12. The number of amides is 2. The first-order chi connectivity index (χ1) is 12.6. The first-order valence-corrected chi connectivity index (χ1v) is 9.50. The predicted molar refractivity (Wildman–Crippen MR) is 96.8 cm³/mol. The zero-order chi connectivity index (χ0) is 18.0. The van der Waals surface area contributed by atoms with Crippen LogP contribution in [0.15, 0.2) is 35.5 Å². The number of nitrogens with zero attached hydrogens (tertiary/aromatic N) is 2. The van der Waals surface area contributed by atoms with Gasteiger partial charge in [0.2, 0.25) is 0 Å². The Balaban J connectivity index is 1.44. The van der Waals surface area contributed by atoms with Crippen molar-refractivity contribution in [2.45, 2.75) is 13.3 Å². The zero-order valence-corrected chi connectivity index (χ0v) is 15.1. The number of halogens is 1. The summed E-state index contributed by atoms with van der Waals surface area (Å²) in [6.07, 6.45) is 6.96. The van der Waals surface area contributed by atoms with Gasteiger partial charge in [-0.25, -0.2) is 0 Å². The lowest BCUT2D eigenvalue weighted by atomic mass is 9.63. The molecule has 0 N–H and O–H groups in total. The minimum absolute atomic E-state index is 0.166. The molecule has 4 aliphatic carbocycles. The van der Waals surface area contributed by atoms with E-state index in [9.17, 15) is 9.59 Å². The lowest BCUT2D eigenvalue weighted by molar-refractivity contribution is -0.140. The van der Waals surface area contributed by atoms with Crippen molar-refractivity contribution in [2.24, 2.45) is 40.6 Å². The van der Waals surface area contributed by atoms with E-state index in [1.807, 2.05) is 6.92 Å². The van der Waals surface area contributed by atoms with E-state index in [1.54, 1.807) is 18.2 Å². The number of carbonyl (C=O) groups is 2. The van der Waals surface area contributed by atoms with Gasteiger partial charge in [-0.15, -0.1) is 0 Å². The van der Waals surface area contributed by atoms with E-state index in [4.69, 9.17) is 16.3 Å². The molecule has 6 atom stereocenters. The van der Waals surface area contributed by atoms with Crippen molar-refractivity contribution in [1.29, 1.82) is 0 Å². The Kier molecular flexibility index (Phi) is 3.51. The average Bonchev–Trinajstić information content (AvgIpc) is 3.41. The summed E-state index contributed by atoms with van der Waals surface area (Å²) in [6, 6.07) is 5.22. The lowest BCUT2D eigenvalue weighted by Gasteiger charge is -2.37. The highest BCUT2D eigenvalue weighted by molar-refractivity contribution is 6.31. The van der Waals surface area contributed by atoms with Crippen LogP contribution in [-0.4, -0.2) is 29.6 Å². The second-order valence-corrected chi connectivity index (χ2v) is 7.94. The lowest BCUT2D eigenvalue weighted by Crippen LogP contribution is -2.40. The number of allylic oxidation sites excluding steroid dienone is 2. The molecule has 1 heterocycles. The van der Waals surface area contributed by atoms with E-state index in [2.05, 4.69) is 17.3 Å². The van der Waals surface area contributed by atoms with Crippen LogP contribution >= 0.6 is 11.6 Å². The van der Waals surface area contributed by atoms with Gasteiger partial charge in [0.1, 0.15) is 5.75 Å². The molecule has 1 saturated heterocycles. The number of ether oxygens (including phenoxy) is 1. The summed E-state index contributed by atoms with van der Waals surface area (Å²) in [5.41, 5.74) is 0.652. The van der Waals surface area contributed by atoms with Crippen LogP contribution in [0.1, 0.15) is 18.9 Å². The van der Waals surface area contributed by atoms with Crippen molar-refractivity contribution in [3.8, 4) is 5.75 Å². The van der Waals surface area contributed by atoms with Gasteiger partial charge in [0.25, 0.3) is 11.8 Å². The smallest absolute Gasteiger partial charge is 0.254 e. The van der Waals surface area contributed by atoms with Crippen molar-refractivity contribution in [3.63, 3.8) is 0 Å². The van der Waals surface area contributed by atoms with Gasteiger partial charge in [-0.1, -0.05) is 23.8 Å². The summed E-state index contributed by atoms with van der Waals surface area (Å²) >= 11 is 6.06. The van der Waals surface area contributed by atoms with Crippen LogP contribution in [0.25, 0.3) is 0 Å². The molecule has 0 aromatic heterocycles. The molecule has 5 aliphatic rings. The summed E-state index contributed by atoms with van der Waals surface area (Å²) in [7, 11) is 0. The molecule has 6 rings (SSSR count). The number of rotatable bonds is 4. The Hall–Kier alpha value is -2.14. The summed E-state index contributed by atoms with van der Waals surface area (Å²) in [6.45, 7) is 2.40. The molecule has 1 aromatic rings. The normalized spacial score (nSPS) is 36.6. The maximum Gasteiger partial charge on any atom is 0.254 e. The Morgan fingerprint density at radius 2 is 1.85 bits per heavy atom. The van der Waals surface area contributed by atoms with Gasteiger partial charge in [-0.3, -0.25) is 9.59 Å². The molecule has 2 saturated carbocycles. The summed E-state index contributed by atoms with van der Waals surface area (Å²) in [5.74, 6) is 1.41. The van der Waals surface area contributed by atoms with Gasteiger partial charge in [0.05, 0.1) is 24.7 Å². The first kappa shape index (κ1) is 16.1. The summed E-state index contributed by atoms with van der Waals surface area (Å²) < 4.78 is 5.57. The molecule has 26 heavy (non-hydrogen) atoms. The molecule has 0 spiro atoms. The quantitative estimate of drug-likeness (QED) is 0.465. The van der Waals surface area contributed by atoms with E-state index in [0.29, 0.717) is 34.8 Å². The highest BCUT2D eigenvalue weighted by Gasteiger charge is 2.67. The Morgan fingerprint density at radius 1 is 1.19 bits per heavy atom. The fourth-order valence-electron chi connectivity index (χ4n) is 5.08. The SMILES string of the molecule is CCOc1ccc(Cl)cc1/C=N\N1C(=O)[C@H]2[C@@H]3C=C[C@H]([C@@H]4C[C@H]34)[C@@H]2C1=O. The van der Waals surface area contributed by atoms with Crippen LogP contribution in [0.3, 0.4) is 0 Å². The summed E-state index contributed by atoms with van der Waals surface area (Å²) in [5, 5.41) is 5.86. The number of imide groups is 1. The number of hydrogen-bond donors (Lipinski definition) is 0. The van der Waals surface area contributed by atoms with E-state index >= 15 is 0 Å². The third-order valence-corrected chi connectivity index (χ3v) is 6.46. The van der Waals surface area contributed by atoms with Gasteiger partial charge < -0.3 is 4.74 Å². The topological polar surface area (TPSA) is 59.0 Å². The molecule has 0 radical (unpaired) electrons. The van der Waals surface area contributed by atoms with Crippen molar-refractivity contribution in [3.05, 3.63) is 40.9 Å². The zero-order valence-electron chi connectivity index (χ0n) is 14.3. The standard InChI is InChI=1S/C20H19ClN2O3/c1-2-26-16-6-3-11(21)7-10(16)9-22-23-19(24)17-12-4-5-13(15-8-14(12)15)18(17)20(23)25/h3-7,9,12-15,17-18H,2,8H2,1H3/b22-9-/t12-,13-,14-,15+,17+,18+/m1/s1. The van der Waals surface area contributed by atoms with E-state index in [-0.39, 0.29) is 35.5 Å². The molecule has 0 unspecified atom stereocenters. The summed E-state index contributed by atoms with van der Waals surface area (Å²) in [4.78, 5) is 25.8. The number of carbonyl (C=O) groups excluding carboxylic acids is 2. The van der Waals surface area contributed by atoms with E-state index in [1.165, 1.54) is 6.21 Å². The Labute approximate surface area is 156 Å². The largest absolute Gasteiger partial charge is 0.493 e. The molecular weight excluding hydrogens is 352 g/mol. The van der Waals surface area contributed by atoms with Crippen LogP contribution in [-0.2, 0) is 9.59 Å². The molecule has 134 valence electrons. The molecule has 5 nitrogen and oxygen atoms in total. The highest BCUT2D eigenvalue weighted by atomic mass is 35.5. The predicted octanol–water partition coefficient (Wildman–Crippen LogP) is 3.13. The molecule has 1 aromatic carbocycles. The molecule has 2 bridgehead atoms. The van der Waals surface area contributed by atoms with Crippen molar-refractivity contribution in [2.75, 3.05) is 6.61 Å². The van der Waals surface area contributed by atoms with Crippen LogP contribution in [0.4, 0.5) is 0 Å². The minimum atomic E-state index is -0.232. The maximum absolute atomic E-state index is 12.9. The van der Waals surface area contributed by atoms with Crippen molar-refractivity contribution >= 4 is 29.6 Å².